The fraction of sp³-hybridized carbons (Fsp3) is 0.111. The average Bonchev–Trinajstić information content (AvgIpc) is 2.06. The van der Waals surface area contributed by atoms with Gasteiger partial charge in [0, 0.05) is 11.4 Å². The van der Waals surface area contributed by atoms with Gasteiger partial charge in [-0.2, -0.15) is 0 Å². The summed E-state index contributed by atoms with van der Waals surface area (Å²) in [5.41, 5.74) is 2.13. The zero-order chi connectivity index (χ0) is 8.10. The van der Waals surface area contributed by atoms with E-state index in [-0.39, 0.29) is 0 Å². The molecule has 2 heteroatoms. The summed E-state index contributed by atoms with van der Waals surface area (Å²) in [4.78, 5) is 0. The molecule has 0 unspecified atom stereocenters. The van der Waals surface area contributed by atoms with E-state index in [1.807, 2.05) is 37.3 Å². The lowest BCUT2D eigenvalue weighted by molar-refractivity contribution is 1.39. The van der Waals surface area contributed by atoms with E-state index in [0.717, 1.165) is 11.4 Å². The predicted molar refractivity (Wildman–Crippen MR) is 52.8 cm³/mol. The molecular weight excluding hydrogens is 154 g/mol. The molecule has 58 valence electrons. The standard InChI is InChI=1S/C9H11NS/c1-8(7-11)10-9-5-3-2-4-6-9/h2-7,10-11H,1H3/b8-7-. The van der Waals surface area contributed by atoms with Crippen molar-refractivity contribution in [1.29, 1.82) is 0 Å². The Hall–Kier alpha value is -0.890. The van der Waals surface area contributed by atoms with Crippen LogP contribution in [0.15, 0.2) is 41.4 Å². The van der Waals surface area contributed by atoms with Gasteiger partial charge >= 0.3 is 0 Å². The fourth-order valence-corrected chi connectivity index (χ4v) is 0.846. The van der Waals surface area contributed by atoms with E-state index >= 15 is 0 Å². The molecule has 0 saturated carbocycles. The molecule has 0 fully saturated rings. The lowest BCUT2D eigenvalue weighted by Gasteiger charge is -2.03. The lowest BCUT2D eigenvalue weighted by atomic mass is 10.3. The van der Waals surface area contributed by atoms with Crippen molar-refractivity contribution >= 4 is 18.3 Å². The van der Waals surface area contributed by atoms with Crippen LogP contribution in [0.2, 0.25) is 0 Å². The zero-order valence-corrected chi connectivity index (χ0v) is 7.31. The van der Waals surface area contributed by atoms with Crippen molar-refractivity contribution in [3.63, 3.8) is 0 Å². The van der Waals surface area contributed by atoms with E-state index in [1.165, 1.54) is 0 Å². The second-order valence-electron chi connectivity index (χ2n) is 2.30. The van der Waals surface area contributed by atoms with Gasteiger partial charge in [-0.3, -0.25) is 0 Å². The van der Waals surface area contributed by atoms with E-state index in [0.29, 0.717) is 0 Å². The molecule has 1 N–H and O–H groups in total. The Balaban J connectivity index is 2.65. The summed E-state index contributed by atoms with van der Waals surface area (Å²) in [5.74, 6) is 0. The first-order valence-electron chi connectivity index (χ1n) is 3.46. The topological polar surface area (TPSA) is 12.0 Å². The number of benzene rings is 1. The molecule has 1 aromatic carbocycles. The van der Waals surface area contributed by atoms with Crippen molar-refractivity contribution in [1.82, 2.24) is 0 Å². The molecule has 0 atom stereocenters. The van der Waals surface area contributed by atoms with Crippen molar-refractivity contribution in [3.8, 4) is 0 Å². The van der Waals surface area contributed by atoms with Gasteiger partial charge in [0.2, 0.25) is 0 Å². The summed E-state index contributed by atoms with van der Waals surface area (Å²) < 4.78 is 0. The van der Waals surface area contributed by atoms with Gasteiger partial charge in [0.15, 0.2) is 0 Å². The number of anilines is 1. The molecule has 0 amide bonds. The average molecular weight is 165 g/mol. The highest BCUT2D eigenvalue weighted by atomic mass is 32.1. The molecule has 0 saturated heterocycles. The molecule has 0 aliphatic rings. The van der Waals surface area contributed by atoms with Gasteiger partial charge in [-0.05, 0) is 24.5 Å². The number of nitrogens with one attached hydrogen (secondary N) is 1. The van der Waals surface area contributed by atoms with E-state index in [9.17, 15) is 0 Å². The first-order chi connectivity index (χ1) is 5.33. The number of thiol groups is 1. The van der Waals surface area contributed by atoms with Crippen LogP contribution in [0, 0.1) is 0 Å². The number of hydrogen-bond donors (Lipinski definition) is 2. The smallest absolute Gasteiger partial charge is 0.0381 e. The zero-order valence-electron chi connectivity index (χ0n) is 6.41. The van der Waals surface area contributed by atoms with Crippen molar-refractivity contribution in [2.75, 3.05) is 5.32 Å². The molecule has 0 aliphatic heterocycles. The summed E-state index contributed by atoms with van der Waals surface area (Å²) in [6.45, 7) is 1.97. The Kier molecular flexibility index (Phi) is 3.05. The molecule has 0 spiro atoms. The Labute approximate surface area is 72.5 Å². The van der Waals surface area contributed by atoms with Gasteiger partial charge in [0.05, 0.1) is 0 Å². The second-order valence-corrected chi connectivity index (χ2v) is 2.56. The molecule has 11 heavy (non-hydrogen) atoms. The quantitative estimate of drug-likeness (QED) is 0.642. The molecule has 0 bridgehead atoms. The number of allylic oxidation sites excluding steroid dienone is 1. The van der Waals surface area contributed by atoms with Gasteiger partial charge in [-0.1, -0.05) is 18.2 Å². The molecule has 0 aliphatic carbocycles. The van der Waals surface area contributed by atoms with Crippen LogP contribution >= 0.6 is 12.6 Å². The fourth-order valence-electron chi connectivity index (χ4n) is 0.781. The van der Waals surface area contributed by atoms with E-state index in [4.69, 9.17) is 0 Å². The van der Waals surface area contributed by atoms with Crippen molar-refractivity contribution in [2.45, 2.75) is 6.92 Å². The third-order valence-electron chi connectivity index (χ3n) is 1.31. The summed E-state index contributed by atoms with van der Waals surface area (Å²) in [6.07, 6.45) is 0. The molecule has 0 heterocycles. The van der Waals surface area contributed by atoms with Crippen LogP contribution in [0.5, 0.6) is 0 Å². The van der Waals surface area contributed by atoms with Crippen molar-refractivity contribution in [2.24, 2.45) is 0 Å². The van der Waals surface area contributed by atoms with Crippen molar-refractivity contribution < 1.29 is 0 Å². The molecule has 0 aromatic heterocycles. The normalized spacial score (nSPS) is 11.3. The van der Waals surface area contributed by atoms with Crippen LogP contribution in [0.1, 0.15) is 6.92 Å². The predicted octanol–water partition coefficient (Wildman–Crippen LogP) is 2.89. The van der Waals surface area contributed by atoms with Gasteiger partial charge in [-0.25, -0.2) is 0 Å². The summed E-state index contributed by atoms with van der Waals surface area (Å²) >= 11 is 4.02. The van der Waals surface area contributed by atoms with Gasteiger partial charge in [0.1, 0.15) is 0 Å². The Morgan fingerprint density at radius 1 is 1.36 bits per heavy atom. The first kappa shape index (κ1) is 8.21. The van der Waals surface area contributed by atoms with Gasteiger partial charge in [0.25, 0.3) is 0 Å². The SMILES string of the molecule is C/C(=C/S)Nc1ccccc1. The van der Waals surface area contributed by atoms with E-state index in [2.05, 4.69) is 17.9 Å². The lowest BCUT2D eigenvalue weighted by Crippen LogP contribution is -1.92. The number of hydrogen-bond acceptors (Lipinski definition) is 2. The van der Waals surface area contributed by atoms with Crippen LogP contribution in [-0.2, 0) is 0 Å². The van der Waals surface area contributed by atoms with Gasteiger partial charge < -0.3 is 5.32 Å². The Bertz CT molecular complexity index is 241. The maximum atomic E-state index is 4.02. The highest BCUT2D eigenvalue weighted by Gasteiger charge is 1.87. The maximum absolute atomic E-state index is 4.02. The summed E-state index contributed by atoms with van der Waals surface area (Å²) in [6, 6.07) is 10.0. The third-order valence-corrected chi connectivity index (χ3v) is 1.70. The Morgan fingerprint density at radius 3 is 2.55 bits per heavy atom. The maximum Gasteiger partial charge on any atom is 0.0381 e. The van der Waals surface area contributed by atoms with Crippen LogP contribution in [0.4, 0.5) is 5.69 Å². The minimum Gasteiger partial charge on any atom is -0.359 e. The monoisotopic (exact) mass is 165 g/mol. The summed E-state index contributed by atoms with van der Waals surface area (Å²) in [7, 11) is 0. The molecule has 0 radical (unpaired) electrons. The highest BCUT2D eigenvalue weighted by molar-refractivity contribution is 7.83. The van der Waals surface area contributed by atoms with Gasteiger partial charge in [-0.15, -0.1) is 12.6 Å². The second kappa shape index (κ2) is 4.09. The third kappa shape index (κ3) is 2.68. The van der Waals surface area contributed by atoms with Crippen molar-refractivity contribution in [3.05, 3.63) is 41.4 Å². The number of rotatable bonds is 2. The minimum absolute atomic E-state index is 1.04. The highest BCUT2D eigenvalue weighted by Crippen LogP contribution is 2.08. The summed E-state index contributed by atoms with van der Waals surface area (Å²) in [5, 5.41) is 4.92. The molecule has 1 rings (SSSR count). The van der Waals surface area contributed by atoms with Crippen LogP contribution < -0.4 is 5.32 Å². The molecular formula is C9H11NS. The largest absolute Gasteiger partial charge is 0.359 e. The first-order valence-corrected chi connectivity index (χ1v) is 3.97. The van der Waals surface area contributed by atoms with E-state index < -0.39 is 0 Å². The van der Waals surface area contributed by atoms with Crippen LogP contribution in [-0.4, -0.2) is 0 Å². The Morgan fingerprint density at radius 2 is 2.00 bits per heavy atom. The molecule has 1 aromatic rings. The van der Waals surface area contributed by atoms with Crippen LogP contribution in [0.3, 0.4) is 0 Å². The number of para-hydroxylation sites is 1. The van der Waals surface area contributed by atoms with Crippen LogP contribution in [0.25, 0.3) is 0 Å². The molecule has 1 nitrogen and oxygen atoms in total. The van der Waals surface area contributed by atoms with E-state index in [1.54, 1.807) is 5.41 Å². The minimum atomic E-state index is 1.04.